The molecule has 0 radical (unpaired) electrons. The molecule has 0 spiro atoms. The third-order valence-electron chi connectivity index (χ3n) is 10.2. The summed E-state index contributed by atoms with van der Waals surface area (Å²) in [6.45, 7) is 9.53. The molecule has 9 rings (SSSR count). The van der Waals surface area contributed by atoms with Crippen molar-refractivity contribution < 1.29 is 0 Å². The van der Waals surface area contributed by atoms with Gasteiger partial charge in [-0.15, -0.1) is 0 Å². The van der Waals surface area contributed by atoms with Gasteiger partial charge >= 0.3 is 0 Å². The SMILES string of the molecule is CC1(C)c2ccccc2-c2c(-n3c4ccccc4c4ccc5c(c43)-c3c(ccc4ccccc34)C5(C)C)cccc21. The zero-order chi connectivity index (χ0) is 27.7. The van der Waals surface area contributed by atoms with Crippen LogP contribution in [0.25, 0.3) is 60.5 Å². The number of aromatic nitrogens is 1. The first-order valence-electron chi connectivity index (χ1n) is 14.7. The van der Waals surface area contributed by atoms with Crippen molar-refractivity contribution in [2.45, 2.75) is 38.5 Å². The number of rotatable bonds is 1. The summed E-state index contributed by atoms with van der Waals surface area (Å²) in [5.41, 5.74) is 14.9. The highest BCUT2D eigenvalue weighted by atomic mass is 15.0. The molecule has 0 saturated heterocycles. The molecule has 0 bridgehead atoms. The topological polar surface area (TPSA) is 4.93 Å². The highest BCUT2D eigenvalue weighted by Crippen LogP contribution is 2.56. The number of nitrogens with zero attached hydrogens (tertiary/aromatic N) is 1. The van der Waals surface area contributed by atoms with Gasteiger partial charge in [0.05, 0.1) is 16.7 Å². The van der Waals surface area contributed by atoms with Gasteiger partial charge in [-0.2, -0.15) is 0 Å². The molecule has 0 saturated carbocycles. The van der Waals surface area contributed by atoms with Gasteiger partial charge in [0.15, 0.2) is 0 Å². The van der Waals surface area contributed by atoms with Gasteiger partial charge in [-0.25, -0.2) is 0 Å². The largest absolute Gasteiger partial charge is 0.308 e. The number of benzene rings is 6. The van der Waals surface area contributed by atoms with Crippen molar-refractivity contribution in [3.05, 3.63) is 138 Å². The second-order valence-electron chi connectivity index (χ2n) is 12.9. The highest BCUT2D eigenvalue weighted by Gasteiger charge is 2.40. The first kappa shape index (κ1) is 23.1. The smallest absolute Gasteiger partial charge is 0.0623 e. The molecule has 1 heteroatoms. The van der Waals surface area contributed by atoms with Gasteiger partial charge < -0.3 is 4.57 Å². The summed E-state index contributed by atoms with van der Waals surface area (Å²) >= 11 is 0. The van der Waals surface area contributed by atoms with E-state index >= 15 is 0 Å². The van der Waals surface area contributed by atoms with Gasteiger partial charge in [0, 0.05) is 32.7 Å². The van der Waals surface area contributed by atoms with E-state index in [9.17, 15) is 0 Å². The molecule has 0 amide bonds. The quantitative estimate of drug-likeness (QED) is 0.201. The van der Waals surface area contributed by atoms with E-state index in [0.29, 0.717) is 0 Å². The number of hydrogen-bond donors (Lipinski definition) is 0. The zero-order valence-electron chi connectivity index (χ0n) is 23.9. The molecule has 2 aliphatic rings. The summed E-state index contributed by atoms with van der Waals surface area (Å²) in [7, 11) is 0. The van der Waals surface area contributed by atoms with Gasteiger partial charge in [0.25, 0.3) is 0 Å². The van der Waals surface area contributed by atoms with Crippen LogP contribution in [-0.4, -0.2) is 4.57 Å². The Balaban J connectivity index is 1.51. The zero-order valence-corrected chi connectivity index (χ0v) is 23.9. The standard InChI is InChI=1S/C40H31N/c1-39(2)29-16-9-7-15-28(29)35-30(39)17-11-19-34(35)41-33-18-10-8-14-26(33)27-21-23-32-37(38(27)41)36-25-13-6-5-12-24(25)20-22-31(36)40(32,3)4/h5-23H,1-4H3. The minimum absolute atomic E-state index is 0.0482. The minimum atomic E-state index is -0.0859. The Hall–Kier alpha value is -4.62. The Bertz CT molecular complexity index is 2260. The van der Waals surface area contributed by atoms with Crippen molar-refractivity contribution in [2.75, 3.05) is 0 Å². The van der Waals surface area contributed by atoms with Gasteiger partial charge in [-0.3, -0.25) is 0 Å². The van der Waals surface area contributed by atoms with Crippen LogP contribution in [0, 0.1) is 0 Å². The Morgan fingerprint density at radius 2 is 1.07 bits per heavy atom. The fraction of sp³-hybridized carbons (Fsp3) is 0.150. The lowest BCUT2D eigenvalue weighted by Gasteiger charge is -2.22. The van der Waals surface area contributed by atoms with Crippen molar-refractivity contribution >= 4 is 32.6 Å². The number of hydrogen-bond acceptors (Lipinski definition) is 0. The molecule has 0 aliphatic heterocycles. The highest BCUT2D eigenvalue weighted by molar-refractivity contribution is 6.18. The maximum Gasteiger partial charge on any atom is 0.0623 e. The van der Waals surface area contributed by atoms with Crippen LogP contribution in [0.5, 0.6) is 0 Å². The molecule has 1 nitrogen and oxygen atoms in total. The van der Waals surface area contributed by atoms with E-state index in [4.69, 9.17) is 0 Å². The van der Waals surface area contributed by atoms with Crippen LogP contribution in [0.2, 0.25) is 0 Å². The van der Waals surface area contributed by atoms with Crippen LogP contribution in [0.15, 0.2) is 115 Å². The van der Waals surface area contributed by atoms with Crippen LogP contribution in [-0.2, 0) is 10.8 Å². The van der Waals surface area contributed by atoms with Crippen LogP contribution in [0.4, 0.5) is 0 Å². The minimum Gasteiger partial charge on any atom is -0.308 e. The van der Waals surface area contributed by atoms with Crippen LogP contribution < -0.4 is 0 Å². The molecule has 196 valence electrons. The predicted octanol–water partition coefficient (Wildman–Crippen LogP) is 10.5. The van der Waals surface area contributed by atoms with Crippen molar-refractivity contribution in [2.24, 2.45) is 0 Å². The molecular weight excluding hydrogens is 494 g/mol. The first-order valence-corrected chi connectivity index (χ1v) is 14.7. The third-order valence-corrected chi connectivity index (χ3v) is 10.2. The Kier molecular flexibility index (Phi) is 4.26. The van der Waals surface area contributed by atoms with Gasteiger partial charge in [0.1, 0.15) is 0 Å². The molecule has 41 heavy (non-hydrogen) atoms. The second-order valence-corrected chi connectivity index (χ2v) is 12.9. The average Bonchev–Trinajstić information content (AvgIpc) is 3.54. The molecule has 1 heterocycles. The fourth-order valence-electron chi connectivity index (χ4n) is 8.21. The van der Waals surface area contributed by atoms with E-state index in [1.165, 1.54) is 82.8 Å². The van der Waals surface area contributed by atoms with E-state index in [1.807, 2.05) is 0 Å². The molecular formula is C40H31N. The monoisotopic (exact) mass is 525 g/mol. The van der Waals surface area contributed by atoms with E-state index in [1.54, 1.807) is 0 Å². The Morgan fingerprint density at radius 3 is 1.95 bits per heavy atom. The van der Waals surface area contributed by atoms with Crippen molar-refractivity contribution in [1.29, 1.82) is 0 Å². The van der Waals surface area contributed by atoms with Crippen molar-refractivity contribution in [3.63, 3.8) is 0 Å². The van der Waals surface area contributed by atoms with E-state index < -0.39 is 0 Å². The van der Waals surface area contributed by atoms with Gasteiger partial charge in [-0.1, -0.05) is 131 Å². The summed E-state index contributed by atoms with van der Waals surface area (Å²) in [6, 6.07) is 43.3. The predicted molar refractivity (Wildman–Crippen MR) is 173 cm³/mol. The van der Waals surface area contributed by atoms with E-state index in [0.717, 1.165) is 0 Å². The molecule has 0 unspecified atom stereocenters. The third kappa shape index (κ3) is 2.72. The summed E-state index contributed by atoms with van der Waals surface area (Å²) < 4.78 is 2.59. The molecule has 7 aromatic rings. The number of fused-ring (bicyclic) bond motifs is 12. The van der Waals surface area contributed by atoms with Crippen molar-refractivity contribution in [1.82, 2.24) is 4.57 Å². The molecule has 2 aliphatic carbocycles. The number of para-hydroxylation sites is 1. The summed E-state index contributed by atoms with van der Waals surface area (Å²) in [5.74, 6) is 0. The van der Waals surface area contributed by atoms with Crippen LogP contribution in [0.1, 0.15) is 49.9 Å². The lowest BCUT2D eigenvalue weighted by atomic mass is 9.82. The Labute approximate surface area is 240 Å². The normalized spacial score (nSPS) is 15.7. The molecule has 0 fully saturated rings. The summed E-state index contributed by atoms with van der Waals surface area (Å²) in [5, 5.41) is 5.26. The summed E-state index contributed by atoms with van der Waals surface area (Å²) in [4.78, 5) is 0. The molecule has 0 N–H and O–H groups in total. The van der Waals surface area contributed by atoms with Gasteiger partial charge in [-0.05, 0) is 56.3 Å². The fourth-order valence-corrected chi connectivity index (χ4v) is 8.21. The lowest BCUT2D eigenvalue weighted by molar-refractivity contribution is 0.660. The molecule has 1 aromatic heterocycles. The average molecular weight is 526 g/mol. The first-order chi connectivity index (χ1) is 19.9. The molecule has 6 aromatic carbocycles. The Morgan fingerprint density at radius 1 is 0.439 bits per heavy atom. The summed E-state index contributed by atoms with van der Waals surface area (Å²) in [6.07, 6.45) is 0. The maximum absolute atomic E-state index is 2.59. The van der Waals surface area contributed by atoms with E-state index in [-0.39, 0.29) is 10.8 Å². The second kappa shape index (κ2) is 7.56. The van der Waals surface area contributed by atoms with Crippen LogP contribution in [0.3, 0.4) is 0 Å². The maximum atomic E-state index is 2.59. The van der Waals surface area contributed by atoms with E-state index in [2.05, 4.69) is 148 Å². The molecule has 0 atom stereocenters. The lowest BCUT2D eigenvalue weighted by Crippen LogP contribution is -2.15. The van der Waals surface area contributed by atoms with Crippen LogP contribution >= 0.6 is 0 Å². The van der Waals surface area contributed by atoms with Crippen molar-refractivity contribution in [3.8, 4) is 27.9 Å². The van der Waals surface area contributed by atoms with Gasteiger partial charge in [0.2, 0.25) is 0 Å².